The summed E-state index contributed by atoms with van der Waals surface area (Å²) in [5.74, 6) is 0. The van der Waals surface area contributed by atoms with Crippen LogP contribution in [0.3, 0.4) is 0 Å². The number of halogens is 3. The van der Waals surface area contributed by atoms with Crippen molar-refractivity contribution in [2.24, 2.45) is 0 Å². The van der Waals surface area contributed by atoms with E-state index in [1.807, 2.05) is 0 Å². The Morgan fingerprint density at radius 1 is 1.12 bits per heavy atom. The highest BCUT2D eigenvalue weighted by Crippen LogP contribution is 2.18. The van der Waals surface area contributed by atoms with Gasteiger partial charge in [0.25, 0.3) is 0 Å². The van der Waals surface area contributed by atoms with Crippen molar-refractivity contribution in [3.8, 4) is 0 Å². The molecule has 16 heavy (non-hydrogen) atoms. The van der Waals surface area contributed by atoms with Crippen molar-refractivity contribution in [1.29, 1.82) is 0 Å². The highest BCUT2D eigenvalue weighted by Gasteiger charge is 2.27. The van der Waals surface area contributed by atoms with Crippen LogP contribution in [-0.4, -0.2) is 58.9 Å². The lowest BCUT2D eigenvalue weighted by atomic mass is 9.80. The van der Waals surface area contributed by atoms with Gasteiger partial charge in [-0.15, -0.1) is 12.1 Å². The standard InChI is InChI=1S/C9H18BF3NO2/c1-9(10(11,12)13)8-14(4-6-15-2)5-7-16-3/h1,4-8H2,2-3H3/q-1. The highest BCUT2D eigenvalue weighted by molar-refractivity contribution is 6.66. The fourth-order valence-corrected chi connectivity index (χ4v) is 1.10. The Kier molecular flexibility index (Phi) is 7.45. The van der Waals surface area contributed by atoms with E-state index in [0.717, 1.165) is 0 Å². The van der Waals surface area contributed by atoms with Crippen LogP contribution in [0.25, 0.3) is 0 Å². The predicted molar refractivity (Wildman–Crippen MR) is 58.4 cm³/mol. The quantitative estimate of drug-likeness (QED) is 0.570. The summed E-state index contributed by atoms with van der Waals surface area (Å²) in [7, 11) is 3.02. The second-order valence-electron chi connectivity index (χ2n) is 3.49. The second-order valence-corrected chi connectivity index (χ2v) is 3.49. The number of rotatable bonds is 9. The van der Waals surface area contributed by atoms with Gasteiger partial charge in [0.1, 0.15) is 0 Å². The van der Waals surface area contributed by atoms with Crippen LogP contribution >= 0.6 is 0 Å². The van der Waals surface area contributed by atoms with Gasteiger partial charge in [0.05, 0.1) is 13.2 Å². The van der Waals surface area contributed by atoms with Gasteiger partial charge in [0, 0.05) is 27.3 Å². The molecule has 0 heterocycles. The molecule has 0 aliphatic heterocycles. The van der Waals surface area contributed by atoms with Gasteiger partial charge in [-0.05, 0) is 6.54 Å². The van der Waals surface area contributed by atoms with Crippen molar-refractivity contribution < 1.29 is 22.4 Å². The fraction of sp³-hybridized carbons (Fsp3) is 0.778. The van der Waals surface area contributed by atoms with E-state index in [9.17, 15) is 12.9 Å². The largest absolute Gasteiger partial charge is 0.506 e. The minimum atomic E-state index is -4.96. The molecule has 0 aromatic rings. The first-order valence-corrected chi connectivity index (χ1v) is 4.99. The van der Waals surface area contributed by atoms with Crippen molar-refractivity contribution in [1.82, 2.24) is 4.90 Å². The minimum Gasteiger partial charge on any atom is -0.445 e. The van der Waals surface area contributed by atoms with Crippen LogP contribution in [0.5, 0.6) is 0 Å². The Morgan fingerprint density at radius 3 is 1.88 bits per heavy atom. The lowest BCUT2D eigenvalue weighted by Crippen LogP contribution is -2.36. The van der Waals surface area contributed by atoms with Crippen molar-refractivity contribution >= 4 is 6.98 Å². The summed E-state index contributed by atoms with van der Waals surface area (Å²) in [6.07, 6.45) is 0. The Balaban J connectivity index is 4.13. The van der Waals surface area contributed by atoms with Gasteiger partial charge in [-0.25, -0.2) is 0 Å². The first kappa shape index (κ1) is 15.5. The number of hydrogen-bond acceptors (Lipinski definition) is 3. The molecule has 0 atom stereocenters. The third kappa shape index (κ3) is 6.87. The number of ether oxygens (including phenoxy) is 2. The van der Waals surface area contributed by atoms with E-state index in [2.05, 4.69) is 6.58 Å². The molecule has 0 saturated heterocycles. The molecule has 96 valence electrons. The molecule has 3 nitrogen and oxygen atoms in total. The van der Waals surface area contributed by atoms with E-state index in [4.69, 9.17) is 9.47 Å². The van der Waals surface area contributed by atoms with E-state index in [0.29, 0.717) is 26.3 Å². The molecule has 0 bridgehead atoms. The van der Waals surface area contributed by atoms with E-state index >= 15 is 0 Å². The molecular formula is C9H18BF3NO2-. The third-order valence-corrected chi connectivity index (χ3v) is 2.11. The lowest BCUT2D eigenvalue weighted by molar-refractivity contribution is 0.119. The van der Waals surface area contributed by atoms with Gasteiger partial charge in [0.2, 0.25) is 0 Å². The third-order valence-electron chi connectivity index (χ3n) is 2.11. The fourth-order valence-electron chi connectivity index (χ4n) is 1.10. The summed E-state index contributed by atoms with van der Waals surface area (Å²) in [6.45, 7) is -0.428. The minimum absolute atomic E-state index is 0.184. The molecule has 0 amide bonds. The topological polar surface area (TPSA) is 21.7 Å². The molecule has 0 aromatic heterocycles. The van der Waals surface area contributed by atoms with Gasteiger partial charge in [0.15, 0.2) is 0 Å². The molecule has 0 rings (SSSR count). The molecule has 7 heteroatoms. The van der Waals surface area contributed by atoms with Gasteiger partial charge in [-0.1, -0.05) is 0 Å². The van der Waals surface area contributed by atoms with E-state index in [1.165, 1.54) is 14.2 Å². The van der Waals surface area contributed by atoms with Crippen LogP contribution in [0, 0.1) is 0 Å². The van der Waals surface area contributed by atoms with Gasteiger partial charge < -0.3 is 22.4 Å². The summed E-state index contributed by atoms with van der Waals surface area (Å²) >= 11 is 0. The normalized spacial score (nSPS) is 12.1. The Morgan fingerprint density at radius 2 is 1.56 bits per heavy atom. The molecule has 0 aliphatic carbocycles. The van der Waals surface area contributed by atoms with E-state index in [-0.39, 0.29) is 6.54 Å². The van der Waals surface area contributed by atoms with Crippen LogP contribution < -0.4 is 0 Å². The average molecular weight is 240 g/mol. The maximum Gasteiger partial charge on any atom is 0.506 e. The Bertz CT molecular complexity index is 203. The average Bonchev–Trinajstić information content (AvgIpc) is 2.20. The van der Waals surface area contributed by atoms with Gasteiger partial charge in [-0.2, -0.15) is 0 Å². The number of nitrogens with zero attached hydrogens (tertiary/aromatic N) is 1. The number of methoxy groups -OCH3 is 2. The summed E-state index contributed by atoms with van der Waals surface area (Å²) in [6, 6.07) is 0. The van der Waals surface area contributed by atoms with Crippen LogP contribution in [-0.2, 0) is 9.47 Å². The van der Waals surface area contributed by atoms with Gasteiger partial charge >= 0.3 is 6.98 Å². The first-order valence-electron chi connectivity index (χ1n) is 4.99. The Labute approximate surface area is 94.3 Å². The summed E-state index contributed by atoms with van der Waals surface area (Å²) in [5, 5.41) is 0. The molecule has 0 N–H and O–H groups in total. The number of hydrogen-bond donors (Lipinski definition) is 0. The molecule has 0 spiro atoms. The van der Waals surface area contributed by atoms with E-state index < -0.39 is 12.4 Å². The zero-order valence-corrected chi connectivity index (χ0v) is 9.72. The molecule has 0 aliphatic rings. The molecule has 0 saturated carbocycles. The maximum atomic E-state index is 12.3. The van der Waals surface area contributed by atoms with Gasteiger partial charge in [-0.3, -0.25) is 4.90 Å². The smallest absolute Gasteiger partial charge is 0.445 e. The first-order chi connectivity index (χ1) is 7.41. The molecule has 0 fully saturated rings. The van der Waals surface area contributed by atoms with Crippen LogP contribution in [0.15, 0.2) is 12.1 Å². The van der Waals surface area contributed by atoms with E-state index in [1.54, 1.807) is 4.90 Å². The molecular weight excluding hydrogens is 222 g/mol. The Hall–Kier alpha value is -0.525. The summed E-state index contributed by atoms with van der Waals surface area (Å²) < 4.78 is 46.6. The summed E-state index contributed by atoms with van der Waals surface area (Å²) in [4.78, 5) is 1.62. The van der Waals surface area contributed by atoms with Crippen molar-refractivity contribution in [3.05, 3.63) is 12.1 Å². The monoisotopic (exact) mass is 240 g/mol. The van der Waals surface area contributed by atoms with Crippen LogP contribution in [0.1, 0.15) is 0 Å². The molecule has 0 aromatic carbocycles. The second kappa shape index (κ2) is 7.70. The van der Waals surface area contributed by atoms with Crippen molar-refractivity contribution in [2.45, 2.75) is 0 Å². The zero-order chi connectivity index (χ0) is 12.6. The lowest BCUT2D eigenvalue weighted by Gasteiger charge is -2.27. The maximum absolute atomic E-state index is 12.3. The molecule has 0 radical (unpaired) electrons. The van der Waals surface area contributed by atoms with Crippen molar-refractivity contribution in [3.63, 3.8) is 0 Å². The SMILES string of the molecule is C=C(CN(CCOC)CCOC)[B-](F)(F)F. The predicted octanol–water partition coefficient (Wildman–Crippen LogP) is 1.52. The summed E-state index contributed by atoms with van der Waals surface area (Å²) in [5.41, 5.74) is -0.688. The van der Waals surface area contributed by atoms with Crippen molar-refractivity contribution in [2.75, 3.05) is 47.1 Å². The van der Waals surface area contributed by atoms with Crippen LogP contribution in [0.4, 0.5) is 12.9 Å². The van der Waals surface area contributed by atoms with Crippen LogP contribution in [0.2, 0.25) is 0 Å². The molecule has 0 unspecified atom stereocenters. The highest BCUT2D eigenvalue weighted by atomic mass is 19.4. The zero-order valence-electron chi connectivity index (χ0n) is 9.72.